The molecule has 0 aromatic heterocycles. The van der Waals surface area contributed by atoms with Gasteiger partial charge in [-0.15, -0.1) is 0 Å². The minimum absolute atomic E-state index is 1.20. The molecule has 0 atom stereocenters. The second-order valence-electron chi connectivity index (χ2n) is 4.46. The normalized spacial score (nSPS) is 16.4. The fraction of sp³-hybridized carbons (Fsp3) is 0.538. The average Bonchev–Trinajstić information content (AvgIpc) is 2.29. The summed E-state index contributed by atoms with van der Waals surface area (Å²) in [5.74, 6) is 0. The van der Waals surface area contributed by atoms with Crippen molar-refractivity contribution in [3.8, 4) is 0 Å². The highest BCUT2D eigenvalue weighted by molar-refractivity contribution is 5.58. The summed E-state index contributed by atoms with van der Waals surface area (Å²) in [6, 6.07) is 4.63. The highest BCUT2D eigenvalue weighted by Gasteiger charge is 2.13. The van der Waals surface area contributed by atoms with Gasteiger partial charge in [-0.25, -0.2) is 0 Å². The van der Waals surface area contributed by atoms with Gasteiger partial charge in [0.05, 0.1) is 0 Å². The van der Waals surface area contributed by atoms with Crippen LogP contribution in [0.1, 0.15) is 29.5 Å². The molecule has 1 aliphatic heterocycles. The summed E-state index contributed by atoms with van der Waals surface area (Å²) in [5, 5.41) is 0. The third-order valence-corrected chi connectivity index (χ3v) is 3.18. The number of anilines is 1. The Morgan fingerprint density at radius 1 is 1.14 bits per heavy atom. The Hall–Kier alpha value is -0.980. The van der Waals surface area contributed by atoms with E-state index in [9.17, 15) is 0 Å². The minimum Gasteiger partial charge on any atom is -0.374 e. The Labute approximate surface area is 86.7 Å². The number of rotatable bonds is 0. The van der Waals surface area contributed by atoms with E-state index in [1.54, 1.807) is 5.56 Å². The molecule has 0 unspecified atom stereocenters. The van der Waals surface area contributed by atoms with Crippen LogP contribution in [0.5, 0.6) is 0 Å². The van der Waals surface area contributed by atoms with Gasteiger partial charge in [0, 0.05) is 19.3 Å². The maximum Gasteiger partial charge on any atom is 0.0401 e. The van der Waals surface area contributed by atoms with Gasteiger partial charge in [0.15, 0.2) is 0 Å². The van der Waals surface area contributed by atoms with Crippen LogP contribution in [0.2, 0.25) is 0 Å². The first-order valence-corrected chi connectivity index (χ1v) is 5.50. The predicted molar refractivity (Wildman–Crippen MR) is 62.1 cm³/mol. The molecule has 2 rings (SSSR count). The maximum atomic E-state index is 2.41. The van der Waals surface area contributed by atoms with Gasteiger partial charge >= 0.3 is 0 Å². The highest BCUT2D eigenvalue weighted by atomic mass is 15.1. The molecule has 0 radical (unpaired) electrons. The molecule has 0 N–H and O–H groups in total. The van der Waals surface area contributed by atoms with E-state index in [2.05, 4.69) is 37.9 Å². The fourth-order valence-electron chi connectivity index (χ4n) is 2.41. The van der Waals surface area contributed by atoms with Crippen molar-refractivity contribution in [2.24, 2.45) is 0 Å². The maximum absolute atomic E-state index is 2.41. The van der Waals surface area contributed by atoms with E-state index in [0.717, 1.165) is 0 Å². The summed E-state index contributed by atoms with van der Waals surface area (Å²) in [6.07, 6.45) is 3.91. The van der Waals surface area contributed by atoms with Crippen molar-refractivity contribution in [1.29, 1.82) is 0 Å². The standard InChI is InChI=1S/C13H19N/c1-10-8-11(2)12-6-4-5-7-14(3)13(12)9-10/h8-9H,4-7H2,1-3H3. The van der Waals surface area contributed by atoms with E-state index in [1.807, 2.05) is 0 Å². The first-order valence-electron chi connectivity index (χ1n) is 5.50. The molecule has 1 heterocycles. The first-order chi connectivity index (χ1) is 6.68. The molecule has 0 amide bonds. The molecule has 0 aliphatic carbocycles. The summed E-state index contributed by atoms with van der Waals surface area (Å²) in [7, 11) is 2.21. The van der Waals surface area contributed by atoms with Crippen molar-refractivity contribution >= 4 is 5.69 Å². The molecular formula is C13H19N. The van der Waals surface area contributed by atoms with Gasteiger partial charge in [-0.2, -0.15) is 0 Å². The molecule has 1 aliphatic rings. The van der Waals surface area contributed by atoms with Crippen LogP contribution >= 0.6 is 0 Å². The molecule has 1 heteroatoms. The Morgan fingerprint density at radius 3 is 2.71 bits per heavy atom. The molecule has 1 aromatic rings. The van der Waals surface area contributed by atoms with E-state index in [4.69, 9.17) is 0 Å². The van der Waals surface area contributed by atoms with Crippen LogP contribution in [0.4, 0.5) is 5.69 Å². The van der Waals surface area contributed by atoms with Crippen LogP contribution in [0.25, 0.3) is 0 Å². The summed E-state index contributed by atoms with van der Waals surface area (Å²) >= 11 is 0. The van der Waals surface area contributed by atoms with E-state index in [-0.39, 0.29) is 0 Å². The number of aryl methyl sites for hydroxylation is 2. The van der Waals surface area contributed by atoms with E-state index in [1.165, 1.54) is 42.6 Å². The molecule has 0 fully saturated rings. The molecule has 0 saturated heterocycles. The van der Waals surface area contributed by atoms with Crippen LogP contribution < -0.4 is 4.90 Å². The van der Waals surface area contributed by atoms with E-state index < -0.39 is 0 Å². The SMILES string of the molecule is Cc1cc(C)c2c(c1)N(C)CCCC2. The van der Waals surface area contributed by atoms with Gasteiger partial charge in [0.1, 0.15) is 0 Å². The van der Waals surface area contributed by atoms with Gasteiger partial charge in [0.2, 0.25) is 0 Å². The van der Waals surface area contributed by atoms with Crippen molar-refractivity contribution in [1.82, 2.24) is 0 Å². The van der Waals surface area contributed by atoms with Crippen LogP contribution in [-0.4, -0.2) is 13.6 Å². The average molecular weight is 189 g/mol. The van der Waals surface area contributed by atoms with Crippen LogP contribution in [0.15, 0.2) is 12.1 Å². The smallest absolute Gasteiger partial charge is 0.0401 e. The highest BCUT2D eigenvalue weighted by Crippen LogP contribution is 2.29. The van der Waals surface area contributed by atoms with Gasteiger partial charge in [-0.05, 0) is 55.9 Å². The van der Waals surface area contributed by atoms with Gasteiger partial charge in [0.25, 0.3) is 0 Å². The molecule has 1 nitrogen and oxygen atoms in total. The molecular weight excluding hydrogens is 170 g/mol. The van der Waals surface area contributed by atoms with E-state index in [0.29, 0.717) is 0 Å². The van der Waals surface area contributed by atoms with Crippen molar-refractivity contribution in [2.45, 2.75) is 33.1 Å². The second-order valence-corrected chi connectivity index (χ2v) is 4.46. The topological polar surface area (TPSA) is 3.24 Å². The summed E-state index contributed by atoms with van der Waals surface area (Å²) in [4.78, 5) is 2.41. The summed E-state index contributed by atoms with van der Waals surface area (Å²) in [5.41, 5.74) is 5.87. The van der Waals surface area contributed by atoms with Crippen molar-refractivity contribution in [3.05, 3.63) is 28.8 Å². The molecule has 1 aromatic carbocycles. The molecule has 0 spiro atoms. The number of hydrogen-bond donors (Lipinski definition) is 0. The Balaban J connectivity index is 2.53. The van der Waals surface area contributed by atoms with Crippen molar-refractivity contribution in [3.63, 3.8) is 0 Å². The van der Waals surface area contributed by atoms with Gasteiger partial charge < -0.3 is 4.90 Å². The third kappa shape index (κ3) is 1.63. The van der Waals surface area contributed by atoms with Crippen molar-refractivity contribution in [2.75, 3.05) is 18.5 Å². The molecule has 76 valence electrons. The largest absolute Gasteiger partial charge is 0.374 e. The second kappa shape index (κ2) is 3.64. The zero-order valence-corrected chi connectivity index (χ0v) is 9.43. The summed E-state index contributed by atoms with van der Waals surface area (Å²) < 4.78 is 0. The third-order valence-electron chi connectivity index (χ3n) is 3.18. The molecule has 0 bridgehead atoms. The fourth-order valence-corrected chi connectivity index (χ4v) is 2.41. The van der Waals surface area contributed by atoms with Gasteiger partial charge in [-0.1, -0.05) is 6.07 Å². The Bertz CT molecular complexity index is 341. The number of nitrogens with zero attached hydrogens (tertiary/aromatic N) is 1. The van der Waals surface area contributed by atoms with Gasteiger partial charge in [-0.3, -0.25) is 0 Å². The Morgan fingerprint density at radius 2 is 1.93 bits per heavy atom. The number of fused-ring (bicyclic) bond motifs is 1. The van der Waals surface area contributed by atoms with Crippen LogP contribution in [0.3, 0.4) is 0 Å². The quantitative estimate of drug-likeness (QED) is 0.606. The minimum atomic E-state index is 1.20. The Kier molecular flexibility index (Phi) is 2.49. The van der Waals surface area contributed by atoms with Crippen molar-refractivity contribution < 1.29 is 0 Å². The zero-order chi connectivity index (χ0) is 10.1. The summed E-state index contributed by atoms with van der Waals surface area (Å²) in [6.45, 7) is 5.63. The molecule has 0 saturated carbocycles. The number of hydrogen-bond acceptors (Lipinski definition) is 1. The molecule has 14 heavy (non-hydrogen) atoms. The van der Waals surface area contributed by atoms with E-state index >= 15 is 0 Å². The lowest BCUT2D eigenvalue weighted by atomic mass is 9.99. The number of benzene rings is 1. The lowest BCUT2D eigenvalue weighted by Gasteiger charge is -2.21. The monoisotopic (exact) mass is 189 g/mol. The zero-order valence-electron chi connectivity index (χ0n) is 9.43. The first kappa shape index (κ1) is 9.57. The lowest BCUT2D eigenvalue weighted by molar-refractivity contribution is 0.749. The van der Waals surface area contributed by atoms with Crippen LogP contribution in [-0.2, 0) is 6.42 Å². The predicted octanol–water partition coefficient (Wildman–Crippen LogP) is 3.08. The lowest BCUT2D eigenvalue weighted by Crippen LogP contribution is -2.18. The van der Waals surface area contributed by atoms with Crippen LogP contribution in [0, 0.1) is 13.8 Å².